The van der Waals surface area contributed by atoms with Crippen molar-refractivity contribution < 1.29 is 4.79 Å². The van der Waals surface area contributed by atoms with Gasteiger partial charge in [-0.25, -0.2) is 4.79 Å². The van der Waals surface area contributed by atoms with Gasteiger partial charge >= 0.3 is 6.03 Å². The number of carbonyl (C=O) groups is 1. The van der Waals surface area contributed by atoms with E-state index in [9.17, 15) is 4.79 Å². The van der Waals surface area contributed by atoms with Crippen LogP contribution in [-0.4, -0.2) is 18.6 Å². The fourth-order valence-electron chi connectivity index (χ4n) is 2.04. The van der Waals surface area contributed by atoms with Crippen LogP contribution in [0.4, 0.5) is 10.5 Å². The SMILES string of the molecule is C=CC1CN(c2ccc3sccc3c2)C(=O)N1. The molecule has 0 saturated carbocycles. The Kier molecular flexibility index (Phi) is 2.37. The van der Waals surface area contributed by atoms with E-state index < -0.39 is 0 Å². The monoisotopic (exact) mass is 244 g/mol. The lowest BCUT2D eigenvalue weighted by atomic mass is 10.2. The smallest absolute Gasteiger partial charge is 0.322 e. The summed E-state index contributed by atoms with van der Waals surface area (Å²) in [6.45, 7) is 4.36. The van der Waals surface area contributed by atoms with Crippen LogP contribution in [0.25, 0.3) is 10.1 Å². The fourth-order valence-corrected chi connectivity index (χ4v) is 2.81. The van der Waals surface area contributed by atoms with Gasteiger partial charge in [-0.05, 0) is 35.0 Å². The van der Waals surface area contributed by atoms with Crippen molar-refractivity contribution in [1.29, 1.82) is 0 Å². The summed E-state index contributed by atoms with van der Waals surface area (Å²) in [5, 5.41) is 6.11. The number of hydrogen-bond acceptors (Lipinski definition) is 2. The zero-order valence-corrected chi connectivity index (χ0v) is 10.0. The van der Waals surface area contributed by atoms with Crippen LogP contribution in [-0.2, 0) is 0 Å². The largest absolute Gasteiger partial charge is 0.330 e. The van der Waals surface area contributed by atoms with Crippen LogP contribution < -0.4 is 10.2 Å². The zero-order valence-electron chi connectivity index (χ0n) is 9.22. The number of thiophene rings is 1. The summed E-state index contributed by atoms with van der Waals surface area (Å²) < 4.78 is 1.24. The van der Waals surface area contributed by atoms with Gasteiger partial charge in [-0.2, -0.15) is 0 Å². The molecule has 4 heteroatoms. The second kappa shape index (κ2) is 3.89. The van der Waals surface area contributed by atoms with Crippen LogP contribution in [0.2, 0.25) is 0 Å². The van der Waals surface area contributed by atoms with Gasteiger partial charge in [0.25, 0.3) is 0 Å². The number of carbonyl (C=O) groups excluding carboxylic acids is 1. The summed E-state index contributed by atoms with van der Waals surface area (Å²) in [7, 11) is 0. The van der Waals surface area contributed by atoms with E-state index in [2.05, 4.69) is 35.5 Å². The maximum atomic E-state index is 11.8. The van der Waals surface area contributed by atoms with Gasteiger partial charge in [0.1, 0.15) is 0 Å². The van der Waals surface area contributed by atoms with Crippen molar-refractivity contribution in [2.24, 2.45) is 0 Å². The van der Waals surface area contributed by atoms with Crippen molar-refractivity contribution in [3.05, 3.63) is 42.3 Å². The predicted octanol–water partition coefficient (Wildman–Crippen LogP) is 2.99. The van der Waals surface area contributed by atoms with E-state index in [1.54, 1.807) is 22.3 Å². The summed E-state index contributed by atoms with van der Waals surface area (Å²) in [6.07, 6.45) is 1.76. The molecule has 2 aromatic rings. The van der Waals surface area contributed by atoms with Crippen molar-refractivity contribution in [3.63, 3.8) is 0 Å². The molecule has 1 saturated heterocycles. The van der Waals surface area contributed by atoms with Gasteiger partial charge in [0.15, 0.2) is 0 Å². The minimum Gasteiger partial charge on any atom is -0.330 e. The van der Waals surface area contributed by atoms with Gasteiger partial charge in [-0.1, -0.05) is 6.08 Å². The topological polar surface area (TPSA) is 32.3 Å². The maximum Gasteiger partial charge on any atom is 0.322 e. The molecule has 1 atom stereocenters. The van der Waals surface area contributed by atoms with E-state index in [-0.39, 0.29) is 12.1 Å². The molecular weight excluding hydrogens is 232 g/mol. The van der Waals surface area contributed by atoms with Crippen LogP contribution in [0.1, 0.15) is 0 Å². The number of anilines is 1. The maximum absolute atomic E-state index is 11.8. The molecule has 2 amide bonds. The van der Waals surface area contributed by atoms with Crippen molar-refractivity contribution >= 4 is 33.1 Å². The normalized spacial score (nSPS) is 19.6. The molecule has 1 N–H and O–H groups in total. The van der Waals surface area contributed by atoms with Gasteiger partial charge < -0.3 is 5.32 Å². The molecule has 17 heavy (non-hydrogen) atoms. The van der Waals surface area contributed by atoms with E-state index in [1.807, 2.05) is 6.07 Å². The van der Waals surface area contributed by atoms with E-state index in [0.29, 0.717) is 6.54 Å². The fraction of sp³-hybridized carbons (Fsp3) is 0.154. The lowest BCUT2D eigenvalue weighted by Crippen LogP contribution is -2.28. The van der Waals surface area contributed by atoms with Gasteiger partial charge in [0.2, 0.25) is 0 Å². The summed E-state index contributed by atoms with van der Waals surface area (Å²) >= 11 is 1.71. The van der Waals surface area contributed by atoms with E-state index in [4.69, 9.17) is 0 Å². The molecule has 1 aliphatic heterocycles. The van der Waals surface area contributed by atoms with Crippen LogP contribution in [0.3, 0.4) is 0 Å². The van der Waals surface area contributed by atoms with Crippen LogP contribution in [0.5, 0.6) is 0 Å². The lowest BCUT2D eigenvalue weighted by molar-refractivity contribution is 0.251. The first-order chi connectivity index (χ1) is 8.28. The summed E-state index contributed by atoms with van der Waals surface area (Å²) in [5.41, 5.74) is 0.942. The van der Waals surface area contributed by atoms with Crippen LogP contribution >= 0.6 is 11.3 Å². The van der Waals surface area contributed by atoms with Crippen molar-refractivity contribution in [2.45, 2.75) is 6.04 Å². The molecular formula is C13H12N2OS. The first-order valence-corrected chi connectivity index (χ1v) is 6.34. The lowest BCUT2D eigenvalue weighted by Gasteiger charge is -2.14. The Balaban J connectivity index is 1.98. The molecule has 3 nitrogen and oxygen atoms in total. The third-order valence-corrected chi connectivity index (χ3v) is 3.86. The molecule has 1 fully saturated rings. The molecule has 2 heterocycles. The molecule has 0 radical (unpaired) electrons. The Hall–Kier alpha value is -1.81. The molecule has 86 valence electrons. The number of rotatable bonds is 2. The third-order valence-electron chi connectivity index (χ3n) is 2.97. The molecule has 1 aromatic carbocycles. The Bertz CT molecular complexity index is 590. The molecule has 3 rings (SSSR count). The first kappa shape index (κ1) is 10.4. The number of hydrogen-bond donors (Lipinski definition) is 1. The Morgan fingerprint density at radius 3 is 3.12 bits per heavy atom. The van der Waals surface area contributed by atoms with Gasteiger partial charge in [-0.15, -0.1) is 17.9 Å². The summed E-state index contributed by atoms with van der Waals surface area (Å²) in [5.74, 6) is 0. The van der Waals surface area contributed by atoms with Crippen LogP contribution in [0.15, 0.2) is 42.3 Å². The Morgan fingerprint density at radius 1 is 1.47 bits per heavy atom. The van der Waals surface area contributed by atoms with E-state index >= 15 is 0 Å². The second-order valence-corrected chi connectivity index (χ2v) is 4.99. The number of nitrogens with one attached hydrogen (secondary N) is 1. The molecule has 0 spiro atoms. The highest BCUT2D eigenvalue weighted by molar-refractivity contribution is 7.17. The highest BCUT2D eigenvalue weighted by Gasteiger charge is 2.27. The third kappa shape index (κ3) is 1.70. The van der Waals surface area contributed by atoms with Crippen molar-refractivity contribution in [1.82, 2.24) is 5.32 Å². The van der Waals surface area contributed by atoms with E-state index in [1.165, 1.54) is 10.1 Å². The van der Waals surface area contributed by atoms with Gasteiger partial charge in [0, 0.05) is 10.4 Å². The summed E-state index contributed by atoms with van der Waals surface area (Å²) in [6, 6.07) is 8.16. The number of nitrogens with zero attached hydrogens (tertiary/aromatic N) is 1. The standard InChI is InChI=1S/C13H12N2OS/c1-2-10-8-15(13(16)14-10)11-3-4-12-9(7-11)5-6-17-12/h2-7,10H,1,8H2,(H,14,16). The van der Waals surface area contributed by atoms with Gasteiger partial charge in [0.05, 0.1) is 12.6 Å². The quantitative estimate of drug-likeness (QED) is 0.809. The minimum atomic E-state index is -0.0514. The molecule has 0 aliphatic carbocycles. The minimum absolute atomic E-state index is 0.0423. The highest BCUT2D eigenvalue weighted by Crippen LogP contribution is 2.27. The number of urea groups is 1. The Morgan fingerprint density at radius 2 is 2.35 bits per heavy atom. The average molecular weight is 244 g/mol. The number of amides is 2. The van der Waals surface area contributed by atoms with Crippen LogP contribution in [0, 0.1) is 0 Å². The molecule has 1 unspecified atom stereocenters. The summed E-state index contributed by atoms with van der Waals surface area (Å²) in [4.78, 5) is 13.5. The highest BCUT2D eigenvalue weighted by atomic mass is 32.1. The molecule has 0 bridgehead atoms. The molecule has 1 aromatic heterocycles. The average Bonchev–Trinajstić information content (AvgIpc) is 2.93. The molecule has 1 aliphatic rings. The number of fused-ring (bicyclic) bond motifs is 1. The van der Waals surface area contributed by atoms with Gasteiger partial charge in [-0.3, -0.25) is 4.90 Å². The second-order valence-electron chi connectivity index (χ2n) is 4.05. The number of benzene rings is 1. The first-order valence-electron chi connectivity index (χ1n) is 5.46. The predicted molar refractivity (Wildman–Crippen MR) is 71.7 cm³/mol. The van der Waals surface area contributed by atoms with Crippen molar-refractivity contribution in [3.8, 4) is 0 Å². The van der Waals surface area contributed by atoms with Crippen molar-refractivity contribution in [2.75, 3.05) is 11.4 Å². The Labute approximate surface area is 103 Å². The van der Waals surface area contributed by atoms with E-state index in [0.717, 1.165) is 5.69 Å². The zero-order chi connectivity index (χ0) is 11.8.